The maximum absolute atomic E-state index is 13.1. The molecule has 1 aromatic rings. The number of nitrogens with zero attached hydrogens (tertiary/aromatic N) is 4. The van der Waals surface area contributed by atoms with E-state index in [-0.39, 0.29) is 37.5 Å². The minimum atomic E-state index is -6.04. The molecule has 0 aliphatic rings. The second kappa shape index (κ2) is 10.1. The van der Waals surface area contributed by atoms with Crippen LogP contribution in [0.2, 0.25) is 0 Å². The summed E-state index contributed by atoms with van der Waals surface area (Å²) in [5.41, 5.74) is -6.69. The lowest BCUT2D eigenvalue weighted by atomic mass is 9.95. The summed E-state index contributed by atoms with van der Waals surface area (Å²) < 4.78 is 104. The normalized spacial score (nSPS) is 14.8. The van der Waals surface area contributed by atoms with Crippen molar-refractivity contribution >= 4 is 16.0 Å². The molecule has 0 bridgehead atoms. The molecule has 14 heteroatoms. The lowest BCUT2D eigenvalue weighted by Crippen LogP contribution is -2.54. The van der Waals surface area contributed by atoms with E-state index in [4.69, 9.17) is 0 Å². The molecule has 1 N–H and O–H groups in total. The molecule has 0 unspecified atom stereocenters. The first-order valence-electron chi connectivity index (χ1n) is 9.83. The second-order valence-corrected chi connectivity index (χ2v) is 9.59. The Labute approximate surface area is 183 Å². The number of hydrogen-bond donors (Lipinski definition) is 1. The van der Waals surface area contributed by atoms with Crippen LogP contribution in [0, 0.1) is 0 Å². The standard InChI is InChI=1S/C18H28F6N4O3S/c1-6-8-27(14(7-2)11-28(12(3)4)32(5,30)31)15-25-9-13(10-26-15)16(29,17(19,20)21)18(22,23)24/h9-10,12,14,29H,6-8,11H2,1-5H3/t14-/m1/s1. The Hall–Kier alpha value is -1.67. The van der Waals surface area contributed by atoms with Crippen LogP contribution in [-0.4, -0.2) is 71.6 Å². The molecular weight excluding hydrogens is 466 g/mol. The highest BCUT2D eigenvalue weighted by Gasteiger charge is 2.71. The molecule has 7 nitrogen and oxygen atoms in total. The van der Waals surface area contributed by atoms with Crippen LogP contribution in [-0.2, 0) is 15.6 Å². The van der Waals surface area contributed by atoms with Gasteiger partial charge >= 0.3 is 12.4 Å². The molecule has 0 amide bonds. The van der Waals surface area contributed by atoms with Gasteiger partial charge in [-0.2, -0.15) is 30.6 Å². The van der Waals surface area contributed by atoms with E-state index in [0.29, 0.717) is 12.8 Å². The minimum Gasteiger partial charge on any atom is -0.369 e. The van der Waals surface area contributed by atoms with Crippen LogP contribution in [0.1, 0.15) is 46.1 Å². The van der Waals surface area contributed by atoms with E-state index < -0.39 is 39.6 Å². The Kier molecular flexibility index (Phi) is 8.93. The summed E-state index contributed by atoms with van der Waals surface area (Å²) in [6, 6.07) is -0.874. The van der Waals surface area contributed by atoms with Crippen molar-refractivity contribution in [2.45, 2.75) is 70.6 Å². The molecule has 1 heterocycles. The molecule has 1 rings (SSSR count). The SMILES string of the molecule is CCCN(c1ncc(C(O)(C(F)(F)F)C(F)(F)F)cn1)[C@H](CC)CN(C(C)C)S(C)(=O)=O. The zero-order chi connectivity index (χ0) is 25.1. The van der Waals surface area contributed by atoms with Crippen molar-refractivity contribution in [3.63, 3.8) is 0 Å². The molecule has 186 valence electrons. The summed E-state index contributed by atoms with van der Waals surface area (Å²) in [6.45, 7) is 7.20. The van der Waals surface area contributed by atoms with E-state index in [1.165, 1.54) is 9.21 Å². The van der Waals surface area contributed by atoms with E-state index in [2.05, 4.69) is 9.97 Å². The molecule has 32 heavy (non-hydrogen) atoms. The molecule has 0 aliphatic carbocycles. The van der Waals surface area contributed by atoms with Crippen molar-refractivity contribution in [3.8, 4) is 0 Å². The summed E-state index contributed by atoms with van der Waals surface area (Å²) in [7, 11) is -3.58. The van der Waals surface area contributed by atoms with Gasteiger partial charge in [0.25, 0.3) is 5.60 Å². The summed E-state index contributed by atoms with van der Waals surface area (Å²) in [5.74, 6) is -0.175. The van der Waals surface area contributed by atoms with Gasteiger partial charge in [-0.05, 0) is 26.7 Å². The molecule has 0 saturated carbocycles. The summed E-state index contributed by atoms with van der Waals surface area (Å²) in [6.07, 6.45) is -9.54. The number of alkyl halides is 6. The van der Waals surface area contributed by atoms with Gasteiger partial charge in [-0.15, -0.1) is 0 Å². The van der Waals surface area contributed by atoms with Gasteiger partial charge < -0.3 is 10.0 Å². The van der Waals surface area contributed by atoms with Crippen molar-refractivity contribution in [2.24, 2.45) is 0 Å². The third kappa shape index (κ3) is 6.01. The number of sulfonamides is 1. The fourth-order valence-electron chi connectivity index (χ4n) is 3.22. The van der Waals surface area contributed by atoms with Gasteiger partial charge in [0.1, 0.15) is 0 Å². The van der Waals surface area contributed by atoms with Crippen LogP contribution >= 0.6 is 0 Å². The first-order chi connectivity index (χ1) is 14.4. The van der Waals surface area contributed by atoms with E-state index in [0.717, 1.165) is 6.26 Å². The minimum absolute atomic E-state index is 0.0210. The highest BCUT2D eigenvalue weighted by Crippen LogP contribution is 2.49. The number of hydrogen-bond acceptors (Lipinski definition) is 6. The third-order valence-electron chi connectivity index (χ3n) is 4.90. The highest BCUT2D eigenvalue weighted by atomic mass is 32.2. The Morgan fingerprint density at radius 3 is 1.81 bits per heavy atom. The number of aliphatic hydroxyl groups is 1. The summed E-state index contributed by atoms with van der Waals surface area (Å²) in [4.78, 5) is 8.85. The van der Waals surface area contributed by atoms with Gasteiger partial charge in [-0.3, -0.25) is 0 Å². The largest absolute Gasteiger partial charge is 0.430 e. The molecule has 0 aliphatic heterocycles. The smallest absolute Gasteiger partial charge is 0.369 e. The molecule has 0 spiro atoms. The van der Waals surface area contributed by atoms with Crippen LogP contribution < -0.4 is 4.90 Å². The average Bonchev–Trinajstić information content (AvgIpc) is 2.64. The zero-order valence-electron chi connectivity index (χ0n) is 18.4. The Balaban J connectivity index is 3.40. The molecule has 0 saturated heterocycles. The van der Waals surface area contributed by atoms with Gasteiger partial charge in [0.2, 0.25) is 16.0 Å². The fraction of sp³-hybridized carbons (Fsp3) is 0.778. The molecule has 1 aromatic heterocycles. The predicted molar refractivity (Wildman–Crippen MR) is 106 cm³/mol. The maximum Gasteiger partial charge on any atom is 0.430 e. The van der Waals surface area contributed by atoms with Crippen molar-refractivity contribution in [3.05, 3.63) is 18.0 Å². The number of halogens is 6. The number of anilines is 1. The lowest BCUT2D eigenvalue weighted by molar-refractivity contribution is -0.376. The van der Waals surface area contributed by atoms with Gasteiger partial charge in [0.05, 0.1) is 6.26 Å². The Morgan fingerprint density at radius 2 is 1.50 bits per heavy atom. The second-order valence-electron chi connectivity index (χ2n) is 7.66. The van der Waals surface area contributed by atoms with E-state index in [9.17, 15) is 39.9 Å². The molecular formula is C18H28F6N4O3S. The summed E-state index contributed by atoms with van der Waals surface area (Å²) in [5, 5.41) is 9.50. The lowest BCUT2D eigenvalue weighted by Gasteiger charge is -2.36. The molecule has 0 radical (unpaired) electrons. The van der Waals surface area contributed by atoms with E-state index >= 15 is 0 Å². The van der Waals surface area contributed by atoms with Crippen LogP contribution in [0.15, 0.2) is 12.4 Å². The Morgan fingerprint density at radius 1 is 1.03 bits per heavy atom. The van der Waals surface area contributed by atoms with Crippen LogP contribution in [0.4, 0.5) is 32.3 Å². The van der Waals surface area contributed by atoms with Gasteiger partial charge in [0, 0.05) is 43.1 Å². The summed E-state index contributed by atoms with van der Waals surface area (Å²) >= 11 is 0. The average molecular weight is 495 g/mol. The fourth-order valence-corrected chi connectivity index (χ4v) is 4.42. The van der Waals surface area contributed by atoms with Gasteiger partial charge in [-0.1, -0.05) is 13.8 Å². The van der Waals surface area contributed by atoms with Crippen molar-refractivity contribution in [2.75, 3.05) is 24.2 Å². The monoisotopic (exact) mass is 494 g/mol. The third-order valence-corrected chi connectivity index (χ3v) is 6.33. The topological polar surface area (TPSA) is 86.6 Å². The molecule has 0 aromatic carbocycles. The van der Waals surface area contributed by atoms with Crippen LogP contribution in [0.3, 0.4) is 0 Å². The van der Waals surface area contributed by atoms with Crippen molar-refractivity contribution in [1.29, 1.82) is 0 Å². The first kappa shape index (κ1) is 28.4. The van der Waals surface area contributed by atoms with Crippen LogP contribution in [0.5, 0.6) is 0 Å². The van der Waals surface area contributed by atoms with E-state index in [1.807, 2.05) is 0 Å². The van der Waals surface area contributed by atoms with Gasteiger partial charge in [-0.25, -0.2) is 18.4 Å². The maximum atomic E-state index is 13.1. The Bertz CT molecular complexity index is 830. The quantitative estimate of drug-likeness (QED) is 0.502. The predicted octanol–water partition coefficient (Wildman–Crippen LogP) is 3.45. The van der Waals surface area contributed by atoms with Gasteiger partial charge in [0.15, 0.2) is 0 Å². The van der Waals surface area contributed by atoms with Crippen molar-refractivity contribution < 1.29 is 39.9 Å². The van der Waals surface area contributed by atoms with Crippen LogP contribution in [0.25, 0.3) is 0 Å². The first-order valence-corrected chi connectivity index (χ1v) is 11.7. The number of aromatic nitrogens is 2. The molecule has 0 fully saturated rings. The number of rotatable bonds is 10. The van der Waals surface area contributed by atoms with E-state index in [1.54, 1.807) is 27.7 Å². The zero-order valence-corrected chi connectivity index (χ0v) is 19.2. The highest BCUT2D eigenvalue weighted by molar-refractivity contribution is 7.88. The van der Waals surface area contributed by atoms with Crippen molar-refractivity contribution in [1.82, 2.24) is 14.3 Å². The molecule has 1 atom stereocenters.